The quantitative estimate of drug-likeness (QED) is 0.832. The van der Waals surface area contributed by atoms with Crippen LogP contribution in [-0.2, 0) is 4.79 Å². The van der Waals surface area contributed by atoms with E-state index in [9.17, 15) is 4.79 Å². The summed E-state index contributed by atoms with van der Waals surface area (Å²) in [6, 6.07) is 8.20. The van der Waals surface area contributed by atoms with E-state index in [2.05, 4.69) is 48.1 Å². The van der Waals surface area contributed by atoms with Crippen molar-refractivity contribution in [2.24, 2.45) is 0 Å². The molecule has 7 heteroatoms. The first-order valence-corrected chi connectivity index (χ1v) is 8.76. The van der Waals surface area contributed by atoms with E-state index in [-0.39, 0.29) is 5.91 Å². The molecule has 0 saturated carbocycles. The lowest BCUT2D eigenvalue weighted by atomic mass is 10.2. The van der Waals surface area contributed by atoms with Crippen LogP contribution in [0.15, 0.2) is 24.3 Å². The Bertz CT molecular complexity index is 659. The number of aromatic nitrogens is 2. The molecule has 0 unspecified atom stereocenters. The van der Waals surface area contributed by atoms with Crippen LogP contribution in [0.1, 0.15) is 27.7 Å². The molecule has 0 spiro atoms. The van der Waals surface area contributed by atoms with Gasteiger partial charge in [0.25, 0.3) is 0 Å². The number of hydrogen-bond donors (Lipinski definition) is 1. The van der Waals surface area contributed by atoms with Crippen molar-refractivity contribution in [1.82, 2.24) is 15.1 Å². The SMILES string of the molecule is COc1ccc(-c2nnc(NC(=O)CN(C(C)C)C(C)C)s2)cc1. The highest BCUT2D eigenvalue weighted by Crippen LogP contribution is 2.27. The summed E-state index contributed by atoms with van der Waals surface area (Å²) in [5.41, 5.74) is 0.944. The zero-order valence-electron chi connectivity index (χ0n) is 14.7. The van der Waals surface area contributed by atoms with Gasteiger partial charge >= 0.3 is 0 Å². The summed E-state index contributed by atoms with van der Waals surface area (Å²) >= 11 is 1.36. The molecule has 0 saturated heterocycles. The molecule has 130 valence electrons. The Morgan fingerprint density at radius 2 is 1.79 bits per heavy atom. The lowest BCUT2D eigenvalue weighted by Crippen LogP contribution is -2.42. The third kappa shape index (κ3) is 4.75. The number of rotatable bonds is 7. The van der Waals surface area contributed by atoms with Gasteiger partial charge < -0.3 is 4.74 Å². The van der Waals surface area contributed by atoms with Crippen molar-refractivity contribution in [3.05, 3.63) is 24.3 Å². The molecular weight excluding hydrogens is 324 g/mol. The van der Waals surface area contributed by atoms with E-state index < -0.39 is 0 Å². The average molecular weight is 348 g/mol. The summed E-state index contributed by atoms with van der Waals surface area (Å²) in [7, 11) is 1.63. The smallest absolute Gasteiger partial charge is 0.240 e. The third-order valence-electron chi connectivity index (χ3n) is 3.66. The molecule has 0 aliphatic heterocycles. The molecule has 0 atom stereocenters. The highest BCUT2D eigenvalue weighted by molar-refractivity contribution is 7.18. The van der Waals surface area contributed by atoms with Crippen LogP contribution in [0, 0.1) is 0 Å². The standard InChI is InChI=1S/C17H24N4O2S/c1-11(2)21(12(3)4)10-15(22)18-17-20-19-16(24-17)13-6-8-14(23-5)9-7-13/h6-9,11-12H,10H2,1-5H3,(H,18,20,22). The Morgan fingerprint density at radius 1 is 1.17 bits per heavy atom. The zero-order chi connectivity index (χ0) is 17.7. The van der Waals surface area contributed by atoms with E-state index in [1.165, 1.54) is 11.3 Å². The van der Waals surface area contributed by atoms with E-state index in [0.717, 1.165) is 16.3 Å². The Balaban J connectivity index is 2.01. The minimum atomic E-state index is -0.0742. The summed E-state index contributed by atoms with van der Waals surface area (Å²) in [6.07, 6.45) is 0. The van der Waals surface area contributed by atoms with Crippen molar-refractivity contribution < 1.29 is 9.53 Å². The number of hydrogen-bond acceptors (Lipinski definition) is 6. The van der Waals surface area contributed by atoms with Crippen molar-refractivity contribution in [3.8, 4) is 16.3 Å². The first-order valence-electron chi connectivity index (χ1n) is 7.94. The highest BCUT2D eigenvalue weighted by atomic mass is 32.1. The fraction of sp³-hybridized carbons (Fsp3) is 0.471. The summed E-state index contributed by atoms with van der Waals surface area (Å²) in [6.45, 7) is 8.67. The number of anilines is 1. The van der Waals surface area contributed by atoms with E-state index in [1.807, 2.05) is 24.3 Å². The number of methoxy groups -OCH3 is 1. The van der Waals surface area contributed by atoms with Gasteiger partial charge in [0.15, 0.2) is 0 Å². The Hall–Kier alpha value is -1.99. The van der Waals surface area contributed by atoms with Crippen LogP contribution < -0.4 is 10.1 Å². The molecule has 2 rings (SSSR count). The van der Waals surface area contributed by atoms with Crippen molar-refractivity contribution >= 4 is 22.4 Å². The molecule has 0 bridgehead atoms. The number of benzene rings is 1. The zero-order valence-corrected chi connectivity index (χ0v) is 15.6. The van der Waals surface area contributed by atoms with E-state index in [0.29, 0.717) is 23.8 Å². The number of carbonyl (C=O) groups is 1. The van der Waals surface area contributed by atoms with Gasteiger partial charge in [-0.15, -0.1) is 10.2 Å². The molecule has 0 aliphatic rings. The maximum atomic E-state index is 12.2. The fourth-order valence-electron chi connectivity index (χ4n) is 2.41. The molecule has 1 N–H and O–H groups in total. The molecule has 0 fully saturated rings. The minimum absolute atomic E-state index is 0.0742. The number of nitrogens with one attached hydrogen (secondary N) is 1. The van der Waals surface area contributed by atoms with Crippen LogP contribution in [0.25, 0.3) is 10.6 Å². The van der Waals surface area contributed by atoms with Crippen molar-refractivity contribution in [3.63, 3.8) is 0 Å². The summed E-state index contributed by atoms with van der Waals surface area (Å²) < 4.78 is 5.14. The molecule has 1 aromatic heterocycles. The van der Waals surface area contributed by atoms with Crippen LogP contribution in [0.2, 0.25) is 0 Å². The summed E-state index contributed by atoms with van der Waals surface area (Å²) in [5, 5.41) is 12.3. The largest absolute Gasteiger partial charge is 0.497 e. The van der Waals surface area contributed by atoms with E-state index in [4.69, 9.17) is 4.74 Å². The number of carbonyl (C=O) groups excluding carboxylic acids is 1. The maximum Gasteiger partial charge on any atom is 0.240 e. The van der Waals surface area contributed by atoms with Gasteiger partial charge in [0.2, 0.25) is 11.0 Å². The Kier molecular flexibility index (Phi) is 6.28. The van der Waals surface area contributed by atoms with Crippen LogP contribution >= 0.6 is 11.3 Å². The maximum absolute atomic E-state index is 12.2. The number of nitrogens with zero attached hydrogens (tertiary/aromatic N) is 3. The Morgan fingerprint density at radius 3 is 2.33 bits per heavy atom. The Labute approximate surface area is 146 Å². The van der Waals surface area contributed by atoms with Gasteiger partial charge in [0.1, 0.15) is 10.8 Å². The highest BCUT2D eigenvalue weighted by Gasteiger charge is 2.18. The van der Waals surface area contributed by atoms with Crippen molar-refractivity contribution in [1.29, 1.82) is 0 Å². The number of amides is 1. The first-order chi connectivity index (χ1) is 11.4. The molecule has 1 heterocycles. The predicted octanol–water partition coefficient (Wildman–Crippen LogP) is 3.27. The molecule has 0 radical (unpaired) electrons. The van der Waals surface area contributed by atoms with E-state index in [1.54, 1.807) is 7.11 Å². The monoisotopic (exact) mass is 348 g/mol. The normalized spacial score (nSPS) is 11.3. The van der Waals surface area contributed by atoms with Crippen LogP contribution in [0.5, 0.6) is 5.75 Å². The molecule has 6 nitrogen and oxygen atoms in total. The minimum Gasteiger partial charge on any atom is -0.497 e. The first kappa shape index (κ1) is 18.4. The molecular formula is C17H24N4O2S. The van der Waals surface area contributed by atoms with Gasteiger partial charge in [-0.2, -0.15) is 0 Å². The van der Waals surface area contributed by atoms with Gasteiger partial charge in [-0.25, -0.2) is 0 Å². The summed E-state index contributed by atoms with van der Waals surface area (Å²) in [5.74, 6) is 0.717. The lowest BCUT2D eigenvalue weighted by molar-refractivity contribution is -0.118. The van der Waals surface area contributed by atoms with Gasteiger partial charge in [-0.05, 0) is 52.0 Å². The molecule has 2 aromatic rings. The predicted molar refractivity (Wildman–Crippen MR) is 97.5 cm³/mol. The topological polar surface area (TPSA) is 67.4 Å². The third-order valence-corrected chi connectivity index (χ3v) is 4.55. The van der Waals surface area contributed by atoms with Gasteiger partial charge in [-0.1, -0.05) is 11.3 Å². The number of ether oxygens (including phenoxy) is 1. The molecule has 1 amide bonds. The van der Waals surface area contributed by atoms with Gasteiger partial charge in [0.05, 0.1) is 13.7 Å². The van der Waals surface area contributed by atoms with Gasteiger partial charge in [-0.3, -0.25) is 15.0 Å². The average Bonchev–Trinajstić information content (AvgIpc) is 3.00. The molecule has 0 aliphatic carbocycles. The van der Waals surface area contributed by atoms with Gasteiger partial charge in [0, 0.05) is 17.6 Å². The van der Waals surface area contributed by atoms with E-state index >= 15 is 0 Å². The summed E-state index contributed by atoms with van der Waals surface area (Å²) in [4.78, 5) is 14.4. The second-order valence-electron chi connectivity index (χ2n) is 6.05. The van der Waals surface area contributed by atoms with Crippen molar-refractivity contribution in [2.75, 3.05) is 19.0 Å². The second-order valence-corrected chi connectivity index (χ2v) is 7.03. The second kappa shape index (κ2) is 8.21. The lowest BCUT2D eigenvalue weighted by Gasteiger charge is -2.29. The fourth-order valence-corrected chi connectivity index (χ4v) is 3.18. The molecule has 24 heavy (non-hydrogen) atoms. The molecule has 1 aromatic carbocycles. The van der Waals surface area contributed by atoms with Crippen LogP contribution in [-0.4, -0.2) is 46.7 Å². The van der Waals surface area contributed by atoms with Crippen LogP contribution in [0.3, 0.4) is 0 Å². The van der Waals surface area contributed by atoms with Crippen LogP contribution in [0.4, 0.5) is 5.13 Å². The van der Waals surface area contributed by atoms with Crippen molar-refractivity contribution in [2.45, 2.75) is 39.8 Å².